The van der Waals surface area contributed by atoms with Crippen molar-refractivity contribution < 1.29 is 32.9 Å². The highest BCUT2D eigenvalue weighted by Gasteiger charge is 2.17. The number of carbonyl (C=O) groups excluding carboxylic acids is 2. The molecule has 0 saturated heterocycles. The molecule has 2 rings (SSSR count). The van der Waals surface area contributed by atoms with Gasteiger partial charge in [0.2, 0.25) is 5.75 Å². The van der Waals surface area contributed by atoms with Crippen LogP contribution in [0.25, 0.3) is 0 Å². The number of nitrogens with one attached hydrogen (secondary N) is 1. The summed E-state index contributed by atoms with van der Waals surface area (Å²) in [5.41, 5.74) is 1.22. The quantitative estimate of drug-likeness (QED) is 0.662. The van der Waals surface area contributed by atoms with Gasteiger partial charge in [-0.2, -0.15) is 0 Å². The third-order valence-electron chi connectivity index (χ3n) is 4.01. The van der Waals surface area contributed by atoms with Crippen molar-refractivity contribution in [3.8, 4) is 23.0 Å². The molecule has 0 spiro atoms. The Balaban J connectivity index is 2.32. The van der Waals surface area contributed by atoms with Crippen LogP contribution >= 0.6 is 0 Å². The van der Waals surface area contributed by atoms with Crippen molar-refractivity contribution in [2.75, 3.05) is 40.4 Å². The monoisotopic (exact) mass is 391 g/mol. The lowest BCUT2D eigenvalue weighted by molar-refractivity contribution is -0.117. The van der Waals surface area contributed by atoms with Gasteiger partial charge in [-0.15, -0.1) is 0 Å². The van der Waals surface area contributed by atoms with Crippen LogP contribution in [-0.2, 0) is 11.2 Å². The number of ether oxygens (including phenoxy) is 4. The maximum absolute atomic E-state index is 12.7. The summed E-state index contributed by atoms with van der Waals surface area (Å²) in [6.45, 7) is -1.17. The van der Waals surface area contributed by atoms with Gasteiger partial charge in [-0.1, -0.05) is 0 Å². The van der Waals surface area contributed by atoms with Gasteiger partial charge in [-0.05, 0) is 35.9 Å². The van der Waals surface area contributed by atoms with E-state index in [0.717, 1.165) is 0 Å². The number of hydrogen-bond acceptors (Lipinski definition) is 6. The first-order chi connectivity index (χ1) is 13.5. The predicted molar refractivity (Wildman–Crippen MR) is 102 cm³/mol. The molecule has 0 aliphatic carbocycles. The van der Waals surface area contributed by atoms with Gasteiger partial charge in [0.15, 0.2) is 24.0 Å². The fourth-order valence-corrected chi connectivity index (χ4v) is 2.69. The highest BCUT2D eigenvalue weighted by molar-refractivity contribution is 6.00. The zero-order valence-corrected chi connectivity index (χ0v) is 16.1. The Morgan fingerprint density at radius 1 is 0.893 bits per heavy atom. The van der Waals surface area contributed by atoms with Gasteiger partial charge in [0.1, 0.15) is 5.75 Å². The molecule has 0 heterocycles. The van der Waals surface area contributed by atoms with Crippen LogP contribution in [0.15, 0.2) is 30.3 Å². The van der Waals surface area contributed by atoms with E-state index < -0.39 is 12.6 Å². The second kappa shape index (κ2) is 9.59. The summed E-state index contributed by atoms with van der Waals surface area (Å²) >= 11 is 0. The fraction of sp³-hybridized carbons (Fsp3) is 0.300. The number of benzene rings is 2. The number of hydrogen-bond donors (Lipinski definition) is 1. The fourth-order valence-electron chi connectivity index (χ4n) is 2.69. The topological polar surface area (TPSA) is 83.1 Å². The average Bonchev–Trinajstić information content (AvgIpc) is 2.72. The molecule has 150 valence electrons. The van der Waals surface area contributed by atoms with Gasteiger partial charge < -0.3 is 24.3 Å². The molecule has 0 aliphatic heterocycles. The van der Waals surface area contributed by atoms with Gasteiger partial charge in [0.05, 0.1) is 34.1 Å². The molecule has 0 saturated carbocycles. The second-order valence-corrected chi connectivity index (χ2v) is 5.73. The van der Waals surface area contributed by atoms with Gasteiger partial charge in [0, 0.05) is 12.0 Å². The van der Waals surface area contributed by atoms with E-state index in [2.05, 4.69) is 5.32 Å². The Morgan fingerprint density at radius 3 is 2.00 bits per heavy atom. The molecule has 0 bridgehead atoms. The molecule has 2 aromatic rings. The van der Waals surface area contributed by atoms with Gasteiger partial charge in [0.25, 0.3) is 5.91 Å². The maximum Gasteiger partial charge on any atom is 0.255 e. The molecule has 1 N–H and O–H groups in total. The van der Waals surface area contributed by atoms with Crippen molar-refractivity contribution in [2.24, 2.45) is 0 Å². The summed E-state index contributed by atoms with van der Waals surface area (Å²) in [6.07, 6.45) is 0.0551. The van der Waals surface area contributed by atoms with E-state index in [0.29, 0.717) is 34.1 Å². The minimum Gasteiger partial charge on any atom is -0.495 e. The van der Waals surface area contributed by atoms with E-state index in [9.17, 15) is 14.0 Å². The summed E-state index contributed by atoms with van der Waals surface area (Å²) < 4.78 is 33.5. The van der Waals surface area contributed by atoms with Crippen molar-refractivity contribution in [1.82, 2.24) is 0 Å². The summed E-state index contributed by atoms with van der Waals surface area (Å²) in [5, 5.41) is 2.37. The number of halogens is 1. The number of carbonyl (C=O) groups is 2. The Bertz CT molecular complexity index is 843. The Morgan fingerprint density at radius 2 is 1.50 bits per heavy atom. The van der Waals surface area contributed by atoms with Crippen molar-refractivity contribution >= 4 is 17.4 Å². The second-order valence-electron chi connectivity index (χ2n) is 5.73. The third kappa shape index (κ3) is 4.70. The minimum absolute atomic E-state index is 0.0551. The van der Waals surface area contributed by atoms with E-state index in [4.69, 9.17) is 18.9 Å². The average molecular weight is 391 g/mol. The highest BCUT2D eigenvalue weighted by Crippen LogP contribution is 2.38. The highest BCUT2D eigenvalue weighted by atomic mass is 19.1. The number of amides is 1. The van der Waals surface area contributed by atoms with Crippen LogP contribution in [0.2, 0.25) is 0 Å². The normalized spacial score (nSPS) is 10.2. The number of methoxy groups -OCH3 is 4. The Hall–Kier alpha value is -3.29. The Kier molecular flexibility index (Phi) is 7.20. The van der Waals surface area contributed by atoms with Gasteiger partial charge in [-0.25, -0.2) is 4.39 Å². The third-order valence-corrected chi connectivity index (χ3v) is 4.01. The van der Waals surface area contributed by atoms with Crippen molar-refractivity contribution in [3.05, 3.63) is 41.5 Å². The van der Waals surface area contributed by atoms with Crippen LogP contribution in [0.3, 0.4) is 0 Å². The molecule has 2 aromatic carbocycles. The van der Waals surface area contributed by atoms with Crippen molar-refractivity contribution in [2.45, 2.75) is 6.42 Å². The molecular weight excluding hydrogens is 369 g/mol. The first kappa shape index (κ1) is 21.0. The lowest BCUT2D eigenvalue weighted by atomic mass is 10.0. The van der Waals surface area contributed by atoms with Gasteiger partial charge in [-0.3, -0.25) is 9.59 Å². The number of alkyl halides is 1. The molecule has 1 amide bonds. The molecule has 8 heteroatoms. The van der Waals surface area contributed by atoms with E-state index in [1.165, 1.54) is 40.6 Å². The number of anilines is 1. The lowest BCUT2D eigenvalue weighted by Gasteiger charge is -2.14. The van der Waals surface area contributed by atoms with E-state index in [-0.39, 0.29) is 17.9 Å². The lowest BCUT2D eigenvalue weighted by Crippen LogP contribution is -2.14. The molecule has 0 aliphatic rings. The first-order valence-corrected chi connectivity index (χ1v) is 8.33. The summed E-state index contributed by atoms with van der Waals surface area (Å²) in [6, 6.07) is 7.94. The van der Waals surface area contributed by atoms with E-state index >= 15 is 0 Å². The SMILES string of the molecule is COc1ccc(C(=O)Cc2cc(OC)c(OC)c(OC)c2)cc1NC(=O)CF. The molecule has 0 aromatic heterocycles. The van der Waals surface area contributed by atoms with Crippen LogP contribution in [0.1, 0.15) is 15.9 Å². The molecule has 0 unspecified atom stereocenters. The van der Waals surface area contributed by atoms with E-state index in [1.54, 1.807) is 18.2 Å². The minimum atomic E-state index is -1.17. The predicted octanol–water partition coefficient (Wildman–Crippen LogP) is 3.05. The number of rotatable bonds is 9. The van der Waals surface area contributed by atoms with Crippen LogP contribution in [0, 0.1) is 0 Å². The zero-order valence-electron chi connectivity index (χ0n) is 16.1. The smallest absolute Gasteiger partial charge is 0.255 e. The molecule has 0 radical (unpaired) electrons. The number of Topliss-reactive ketones (excluding diaryl/α,β-unsaturated/α-hetero) is 1. The zero-order chi connectivity index (χ0) is 20.7. The van der Waals surface area contributed by atoms with Crippen LogP contribution in [-0.4, -0.2) is 46.8 Å². The summed E-state index contributed by atoms with van der Waals surface area (Å²) in [5.74, 6) is 0.596. The van der Waals surface area contributed by atoms with E-state index in [1.807, 2.05) is 0 Å². The number of ketones is 1. The first-order valence-electron chi connectivity index (χ1n) is 8.33. The molecular formula is C20H22FNO6. The van der Waals surface area contributed by atoms with Crippen LogP contribution in [0.4, 0.5) is 10.1 Å². The maximum atomic E-state index is 12.7. The standard InChI is InChI=1S/C20H22FNO6/c1-25-16-6-5-13(10-14(16)22-19(24)11-21)15(23)7-12-8-17(26-2)20(28-4)18(9-12)27-3/h5-6,8-10H,7,11H2,1-4H3,(H,22,24). The summed E-state index contributed by atoms with van der Waals surface area (Å²) in [7, 11) is 5.89. The molecule has 28 heavy (non-hydrogen) atoms. The van der Waals surface area contributed by atoms with Crippen molar-refractivity contribution in [3.63, 3.8) is 0 Å². The molecule has 0 atom stereocenters. The van der Waals surface area contributed by atoms with Crippen LogP contribution < -0.4 is 24.3 Å². The largest absolute Gasteiger partial charge is 0.495 e. The molecule has 0 fully saturated rings. The molecule has 7 nitrogen and oxygen atoms in total. The summed E-state index contributed by atoms with van der Waals surface area (Å²) in [4.78, 5) is 24.1. The van der Waals surface area contributed by atoms with Gasteiger partial charge >= 0.3 is 0 Å². The van der Waals surface area contributed by atoms with Crippen molar-refractivity contribution in [1.29, 1.82) is 0 Å². The van der Waals surface area contributed by atoms with Crippen LogP contribution in [0.5, 0.6) is 23.0 Å². The Labute approximate surface area is 162 Å².